The Balaban J connectivity index is 2.26. The van der Waals surface area contributed by atoms with Crippen molar-refractivity contribution in [1.29, 1.82) is 0 Å². The Bertz CT molecular complexity index is 525. The van der Waals surface area contributed by atoms with Crippen molar-refractivity contribution in [3.8, 4) is 0 Å². The minimum Gasteiger partial charge on any atom is -0.389 e. The SMILES string of the molecule is C[C@@H](O)c1ccc(Sc2nccn2C)c(Cl)c1. The van der Waals surface area contributed by atoms with Crippen LogP contribution in [0.1, 0.15) is 18.6 Å². The molecule has 0 unspecified atom stereocenters. The molecule has 1 aromatic carbocycles. The third kappa shape index (κ3) is 2.83. The summed E-state index contributed by atoms with van der Waals surface area (Å²) in [6, 6.07) is 5.57. The van der Waals surface area contributed by atoms with Crippen LogP contribution in [-0.4, -0.2) is 14.7 Å². The third-order valence-electron chi connectivity index (χ3n) is 2.42. The van der Waals surface area contributed by atoms with Crippen LogP contribution >= 0.6 is 23.4 Å². The van der Waals surface area contributed by atoms with Crippen molar-refractivity contribution < 1.29 is 5.11 Å². The van der Waals surface area contributed by atoms with Crippen LogP contribution in [0, 0.1) is 0 Å². The molecule has 0 bridgehead atoms. The molecule has 2 rings (SSSR count). The zero-order chi connectivity index (χ0) is 12.4. The molecule has 0 saturated carbocycles. The molecule has 5 heteroatoms. The maximum atomic E-state index is 9.46. The van der Waals surface area contributed by atoms with Gasteiger partial charge in [0.1, 0.15) is 0 Å². The lowest BCUT2D eigenvalue weighted by Gasteiger charge is -2.08. The van der Waals surface area contributed by atoms with Gasteiger partial charge in [0.25, 0.3) is 0 Å². The number of benzene rings is 1. The third-order valence-corrected chi connectivity index (χ3v) is 3.99. The number of aromatic nitrogens is 2. The van der Waals surface area contributed by atoms with Crippen molar-refractivity contribution in [1.82, 2.24) is 9.55 Å². The van der Waals surface area contributed by atoms with Crippen molar-refractivity contribution in [2.24, 2.45) is 7.05 Å². The summed E-state index contributed by atoms with van der Waals surface area (Å²) in [5, 5.41) is 11.0. The number of aliphatic hydroxyl groups excluding tert-OH is 1. The van der Waals surface area contributed by atoms with E-state index in [2.05, 4.69) is 4.98 Å². The van der Waals surface area contributed by atoms with Crippen LogP contribution in [0.4, 0.5) is 0 Å². The first-order valence-electron chi connectivity index (χ1n) is 5.20. The van der Waals surface area contributed by atoms with Crippen molar-refractivity contribution in [3.05, 3.63) is 41.2 Å². The number of hydrogen-bond donors (Lipinski definition) is 1. The molecule has 3 nitrogen and oxygen atoms in total. The van der Waals surface area contributed by atoms with E-state index in [9.17, 15) is 5.11 Å². The van der Waals surface area contributed by atoms with Crippen LogP contribution in [-0.2, 0) is 7.05 Å². The first-order valence-corrected chi connectivity index (χ1v) is 6.40. The van der Waals surface area contributed by atoms with E-state index in [0.717, 1.165) is 15.6 Å². The number of nitrogens with zero attached hydrogens (tertiary/aromatic N) is 2. The molecule has 0 radical (unpaired) electrons. The summed E-state index contributed by atoms with van der Waals surface area (Å²) in [4.78, 5) is 5.16. The van der Waals surface area contributed by atoms with E-state index in [1.807, 2.05) is 29.9 Å². The molecule has 1 N–H and O–H groups in total. The highest BCUT2D eigenvalue weighted by molar-refractivity contribution is 7.99. The van der Waals surface area contributed by atoms with Gasteiger partial charge in [-0.25, -0.2) is 4.98 Å². The zero-order valence-electron chi connectivity index (χ0n) is 9.59. The van der Waals surface area contributed by atoms with Crippen molar-refractivity contribution in [2.45, 2.75) is 23.1 Å². The zero-order valence-corrected chi connectivity index (χ0v) is 11.2. The smallest absolute Gasteiger partial charge is 0.172 e. The lowest BCUT2D eigenvalue weighted by Crippen LogP contribution is -1.92. The van der Waals surface area contributed by atoms with Gasteiger partial charge >= 0.3 is 0 Å². The second-order valence-electron chi connectivity index (χ2n) is 3.79. The lowest BCUT2D eigenvalue weighted by molar-refractivity contribution is 0.199. The fraction of sp³-hybridized carbons (Fsp3) is 0.250. The molecule has 0 saturated heterocycles. The van der Waals surface area contributed by atoms with Gasteiger partial charge in [-0.2, -0.15) is 0 Å². The summed E-state index contributed by atoms with van der Waals surface area (Å²) in [5.41, 5.74) is 0.819. The Hall–Kier alpha value is -0.970. The number of aryl methyl sites for hydroxylation is 1. The molecule has 90 valence electrons. The fourth-order valence-corrected chi connectivity index (χ4v) is 2.52. The van der Waals surface area contributed by atoms with Gasteiger partial charge in [-0.3, -0.25) is 0 Å². The van der Waals surface area contributed by atoms with Gasteiger partial charge in [0.15, 0.2) is 5.16 Å². The highest BCUT2D eigenvalue weighted by Crippen LogP contribution is 2.33. The summed E-state index contributed by atoms with van der Waals surface area (Å²) < 4.78 is 1.93. The predicted molar refractivity (Wildman–Crippen MR) is 69.4 cm³/mol. The van der Waals surface area contributed by atoms with Crippen molar-refractivity contribution in [3.63, 3.8) is 0 Å². The number of aliphatic hydroxyl groups is 1. The summed E-state index contributed by atoms with van der Waals surface area (Å²) >= 11 is 7.68. The number of imidazole rings is 1. The average Bonchev–Trinajstić information content (AvgIpc) is 2.67. The first kappa shape index (κ1) is 12.5. The Kier molecular flexibility index (Phi) is 3.76. The van der Waals surface area contributed by atoms with E-state index in [4.69, 9.17) is 11.6 Å². The Morgan fingerprint density at radius 3 is 2.76 bits per heavy atom. The number of halogens is 1. The Labute approximate surface area is 109 Å². The highest BCUT2D eigenvalue weighted by Gasteiger charge is 2.09. The van der Waals surface area contributed by atoms with E-state index in [-0.39, 0.29) is 0 Å². The van der Waals surface area contributed by atoms with E-state index in [0.29, 0.717) is 5.02 Å². The average molecular weight is 269 g/mol. The number of rotatable bonds is 3. The first-order chi connectivity index (χ1) is 8.08. The number of hydrogen-bond acceptors (Lipinski definition) is 3. The monoisotopic (exact) mass is 268 g/mol. The molecular weight excluding hydrogens is 256 g/mol. The lowest BCUT2D eigenvalue weighted by atomic mass is 10.1. The Morgan fingerprint density at radius 2 is 2.24 bits per heavy atom. The van der Waals surface area contributed by atoms with Crippen LogP contribution in [0.3, 0.4) is 0 Å². The molecule has 0 aliphatic carbocycles. The van der Waals surface area contributed by atoms with Gasteiger partial charge in [0.05, 0.1) is 11.1 Å². The van der Waals surface area contributed by atoms with Crippen LogP contribution in [0.15, 0.2) is 40.6 Å². The van der Waals surface area contributed by atoms with Gasteiger partial charge in [-0.05, 0) is 24.6 Å². The molecule has 1 atom stereocenters. The fourth-order valence-electron chi connectivity index (χ4n) is 1.41. The normalized spacial score (nSPS) is 12.7. The molecule has 1 aromatic heterocycles. The molecule has 2 aromatic rings. The minimum atomic E-state index is -0.500. The summed E-state index contributed by atoms with van der Waals surface area (Å²) in [5.74, 6) is 0. The largest absolute Gasteiger partial charge is 0.389 e. The van der Waals surface area contributed by atoms with Gasteiger partial charge in [-0.15, -0.1) is 0 Å². The highest BCUT2D eigenvalue weighted by atomic mass is 35.5. The molecule has 0 aliphatic rings. The summed E-state index contributed by atoms with van der Waals surface area (Å²) in [7, 11) is 1.94. The van der Waals surface area contributed by atoms with Gasteiger partial charge in [-0.1, -0.05) is 29.4 Å². The van der Waals surface area contributed by atoms with Gasteiger partial charge < -0.3 is 9.67 Å². The van der Waals surface area contributed by atoms with Crippen LogP contribution in [0.25, 0.3) is 0 Å². The molecule has 0 amide bonds. The van der Waals surface area contributed by atoms with Crippen LogP contribution < -0.4 is 0 Å². The molecule has 0 aliphatic heterocycles. The molecule has 0 fully saturated rings. The second kappa shape index (κ2) is 5.12. The minimum absolute atomic E-state index is 0.500. The maximum Gasteiger partial charge on any atom is 0.172 e. The van der Waals surface area contributed by atoms with Crippen LogP contribution in [0.5, 0.6) is 0 Å². The van der Waals surface area contributed by atoms with E-state index < -0.39 is 6.10 Å². The standard InChI is InChI=1S/C12H13ClN2OS/c1-8(16)9-3-4-11(10(13)7-9)17-12-14-5-6-15(12)2/h3-8,16H,1-2H3/t8-/m1/s1. The van der Waals surface area contributed by atoms with Crippen LogP contribution in [0.2, 0.25) is 5.02 Å². The molecular formula is C12H13ClN2OS. The van der Waals surface area contributed by atoms with Crippen molar-refractivity contribution >= 4 is 23.4 Å². The summed E-state index contributed by atoms with van der Waals surface area (Å²) in [6.07, 6.45) is 3.14. The molecule has 1 heterocycles. The quantitative estimate of drug-likeness (QED) is 0.928. The molecule has 17 heavy (non-hydrogen) atoms. The molecule has 0 spiro atoms. The van der Waals surface area contributed by atoms with Gasteiger partial charge in [0.2, 0.25) is 0 Å². The topological polar surface area (TPSA) is 38.1 Å². The second-order valence-corrected chi connectivity index (χ2v) is 5.20. The van der Waals surface area contributed by atoms with E-state index in [1.165, 1.54) is 11.8 Å². The van der Waals surface area contributed by atoms with E-state index in [1.54, 1.807) is 19.2 Å². The maximum absolute atomic E-state index is 9.46. The van der Waals surface area contributed by atoms with Crippen molar-refractivity contribution in [2.75, 3.05) is 0 Å². The van der Waals surface area contributed by atoms with Gasteiger partial charge in [0, 0.05) is 24.3 Å². The summed E-state index contributed by atoms with van der Waals surface area (Å²) in [6.45, 7) is 1.72. The Morgan fingerprint density at radius 1 is 1.47 bits per heavy atom. The van der Waals surface area contributed by atoms with E-state index >= 15 is 0 Å². The predicted octanol–water partition coefficient (Wildman–Crippen LogP) is 3.28.